The Morgan fingerprint density at radius 1 is 0.691 bits per heavy atom. The fourth-order valence-corrected chi connectivity index (χ4v) is 9.75. The van der Waals surface area contributed by atoms with Gasteiger partial charge in [0.1, 0.15) is 5.84 Å². The van der Waals surface area contributed by atoms with Crippen LogP contribution in [0.4, 0.5) is 0 Å². The SMILES string of the molecule is N/C(=N\C(=C/Cc1cccc(C2=CCC(c3cccc4c3-c3ccccc3C43c4ccccc4C4=CC=CCC43)C=C2)c1)c1ccccc1)c1ccccc1. The molecule has 4 aliphatic carbocycles. The van der Waals surface area contributed by atoms with Gasteiger partial charge in [-0.1, -0.05) is 194 Å². The Balaban J connectivity index is 0.957. The van der Waals surface area contributed by atoms with Gasteiger partial charge in [-0.3, -0.25) is 0 Å². The zero-order valence-corrected chi connectivity index (χ0v) is 30.8. The molecule has 2 heteroatoms. The van der Waals surface area contributed by atoms with E-state index in [0.717, 1.165) is 36.1 Å². The number of rotatable bonds is 7. The molecule has 264 valence electrons. The van der Waals surface area contributed by atoms with E-state index in [0.29, 0.717) is 17.7 Å². The molecule has 6 aromatic rings. The number of fused-ring (bicyclic) bond motifs is 10. The Bertz CT molecular complexity index is 2630. The van der Waals surface area contributed by atoms with Crippen LogP contribution in [-0.2, 0) is 11.8 Å². The van der Waals surface area contributed by atoms with E-state index < -0.39 is 0 Å². The van der Waals surface area contributed by atoms with Crippen LogP contribution < -0.4 is 5.73 Å². The lowest BCUT2D eigenvalue weighted by Crippen LogP contribution is -2.32. The summed E-state index contributed by atoms with van der Waals surface area (Å²) in [5, 5.41) is 0. The van der Waals surface area contributed by atoms with Crippen molar-refractivity contribution < 1.29 is 0 Å². The zero-order valence-electron chi connectivity index (χ0n) is 30.8. The fourth-order valence-electron chi connectivity index (χ4n) is 9.75. The second kappa shape index (κ2) is 13.7. The largest absolute Gasteiger partial charge is 0.383 e. The molecule has 2 N–H and O–H groups in total. The first-order chi connectivity index (χ1) is 27.2. The summed E-state index contributed by atoms with van der Waals surface area (Å²) in [4.78, 5) is 4.90. The van der Waals surface area contributed by atoms with Gasteiger partial charge in [0, 0.05) is 17.4 Å². The topological polar surface area (TPSA) is 38.4 Å². The van der Waals surface area contributed by atoms with Gasteiger partial charge in [0.05, 0.1) is 11.1 Å². The van der Waals surface area contributed by atoms with Crippen LogP contribution in [0.25, 0.3) is 28.0 Å². The van der Waals surface area contributed by atoms with Crippen molar-refractivity contribution in [3.8, 4) is 11.1 Å². The van der Waals surface area contributed by atoms with Gasteiger partial charge in [0.25, 0.3) is 0 Å². The summed E-state index contributed by atoms with van der Waals surface area (Å²) < 4.78 is 0. The molecule has 10 rings (SSSR count). The molecule has 6 aromatic carbocycles. The Morgan fingerprint density at radius 3 is 2.16 bits per heavy atom. The Labute approximate surface area is 324 Å². The number of benzene rings is 6. The monoisotopic (exact) mass is 706 g/mol. The number of hydrogen-bond donors (Lipinski definition) is 1. The highest BCUT2D eigenvalue weighted by molar-refractivity contribution is 6.00. The molecule has 0 bridgehead atoms. The Hall–Kier alpha value is -6.51. The lowest BCUT2D eigenvalue weighted by atomic mass is 9.65. The molecule has 0 fully saturated rings. The standard InChI is InChI=1S/C53H42N2/c54-52(40-18-5-2-6-19-40)55-50(39-16-3-1-4-17-39)34-29-36-15-13-20-41(35-36)37-30-32-38(33-31-37)42-24-14-28-49-51(42)45-23-9-12-27-48(45)53(49)46-25-10-7-21-43(46)44-22-8-11-26-47(44)53/h1-25,27-28,30-32,34-35,38,47H,26,29,33H2,(H2,54,55)/b50-34-. The maximum Gasteiger partial charge on any atom is 0.131 e. The lowest BCUT2D eigenvalue weighted by molar-refractivity contribution is 0.494. The second-order valence-corrected chi connectivity index (χ2v) is 15.1. The summed E-state index contributed by atoms with van der Waals surface area (Å²) in [5.74, 6) is 1.20. The molecule has 0 aliphatic heterocycles. The van der Waals surface area contributed by atoms with Crippen LogP contribution in [-0.4, -0.2) is 5.84 Å². The molecule has 0 radical (unpaired) electrons. The number of nitrogens with zero attached hydrogens (tertiary/aromatic N) is 1. The number of hydrogen-bond acceptors (Lipinski definition) is 1. The lowest BCUT2D eigenvalue weighted by Gasteiger charge is -2.36. The van der Waals surface area contributed by atoms with Gasteiger partial charge in [0.2, 0.25) is 0 Å². The first kappa shape index (κ1) is 33.1. The van der Waals surface area contributed by atoms with Crippen molar-refractivity contribution in [1.82, 2.24) is 0 Å². The number of amidine groups is 1. The molecular formula is C53H42N2. The predicted molar refractivity (Wildman–Crippen MR) is 230 cm³/mol. The number of aliphatic imine (C=N–C) groups is 1. The van der Waals surface area contributed by atoms with Gasteiger partial charge >= 0.3 is 0 Å². The van der Waals surface area contributed by atoms with Gasteiger partial charge in [-0.25, -0.2) is 4.99 Å². The van der Waals surface area contributed by atoms with Crippen molar-refractivity contribution in [2.75, 3.05) is 0 Å². The van der Waals surface area contributed by atoms with E-state index >= 15 is 0 Å². The minimum Gasteiger partial charge on any atom is -0.383 e. The third-order valence-electron chi connectivity index (χ3n) is 12.2. The van der Waals surface area contributed by atoms with Crippen molar-refractivity contribution in [2.45, 2.75) is 30.6 Å². The molecule has 1 spiro atoms. The van der Waals surface area contributed by atoms with Crippen LogP contribution >= 0.6 is 0 Å². The van der Waals surface area contributed by atoms with Crippen molar-refractivity contribution in [2.24, 2.45) is 16.6 Å². The van der Waals surface area contributed by atoms with E-state index in [9.17, 15) is 0 Å². The average Bonchev–Trinajstić information content (AvgIpc) is 3.73. The highest BCUT2D eigenvalue weighted by atomic mass is 14.9. The molecule has 4 aliphatic rings. The molecule has 0 saturated carbocycles. The highest BCUT2D eigenvalue weighted by Crippen LogP contribution is 2.66. The van der Waals surface area contributed by atoms with Crippen LogP contribution in [0.5, 0.6) is 0 Å². The summed E-state index contributed by atoms with van der Waals surface area (Å²) in [6.07, 6.45) is 19.2. The van der Waals surface area contributed by atoms with Gasteiger partial charge in [0.15, 0.2) is 0 Å². The maximum atomic E-state index is 6.50. The van der Waals surface area contributed by atoms with Crippen LogP contribution in [0.2, 0.25) is 0 Å². The molecule has 2 nitrogen and oxygen atoms in total. The second-order valence-electron chi connectivity index (χ2n) is 15.1. The first-order valence-electron chi connectivity index (χ1n) is 19.5. The Kier molecular flexibility index (Phi) is 8.25. The normalized spacial score (nSPS) is 20.7. The van der Waals surface area contributed by atoms with Crippen molar-refractivity contribution >= 4 is 22.7 Å². The minimum absolute atomic E-state index is 0.178. The van der Waals surface area contributed by atoms with Crippen LogP contribution in [0.15, 0.2) is 199 Å². The van der Waals surface area contributed by atoms with Crippen LogP contribution in [0, 0.1) is 5.92 Å². The van der Waals surface area contributed by atoms with Crippen LogP contribution in [0.1, 0.15) is 68.8 Å². The molecule has 3 unspecified atom stereocenters. The summed E-state index contributed by atoms with van der Waals surface area (Å²) in [5.41, 5.74) is 24.4. The first-order valence-corrected chi connectivity index (χ1v) is 19.5. The maximum absolute atomic E-state index is 6.50. The molecular weight excluding hydrogens is 665 g/mol. The summed E-state index contributed by atoms with van der Waals surface area (Å²) in [6, 6.07) is 54.7. The van der Waals surface area contributed by atoms with E-state index in [1.165, 1.54) is 61.2 Å². The average molecular weight is 707 g/mol. The van der Waals surface area contributed by atoms with Crippen molar-refractivity contribution in [1.29, 1.82) is 0 Å². The van der Waals surface area contributed by atoms with Gasteiger partial charge < -0.3 is 5.73 Å². The molecule has 0 heterocycles. The smallest absolute Gasteiger partial charge is 0.131 e. The summed E-state index contributed by atoms with van der Waals surface area (Å²) in [6.45, 7) is 0. The van der Waals surface area contributed by atoms with E-state index in [-0.39, 0.29) is 5.41 Å². The molecule has 0 amide bonds. The van der Waals surface area contributed by atoms with Crippen molar-refractivity contribution in [3.05, 3.63) is 244 Å². The molecule has 3 atom stereocenters. The molecule has 0 aromatic heterocycles. The van der Waals surface area contributed by atoms with Crippen LogP contribution in [0.3, 0.4) is 0 Å². The number of allylic oxidation sites excluding steroid dienone is 9. The van der Waals surface area contributed by atoms with E-state index in [4.69, 9.17) is 10.7 Å². The summed E-state index contributed by atoms with van der Waals surface area (Å²) in [7, 11) is 0. The predicted octanol–water partition coefficient (Wildman–Crippen LogP) is 12.1. The molecule has 55 heavy (non-hydrogen) atoms. The van der Waals surface area contributed by atoms with Gasteiger partial charge in [-0.15, -0.1) is 0 Å². The quantitative estimate of drug-likeness (QED) is 0.130. The van der Waals surface area contributed by atoms with E-state index in [1.54, 1.807) is 0 Å². The van der Waals surface area contributed by atoms with E-state index in [1.807, 2.05) is 48.5 Å². The Morgan fingerprint density at radius 2 is 1.38 bits per heavy atom. The third kappa shape index (κ3) is 5.51. The summed E-state index contributed by atoms with van der Waals surface area (Å²) >= 11 is 0. The van der Waals surface area contributed by atoms with Crippen molar-refractivity contribution in [3.63, 3.8) is 0 Å². The van der Waals surface area contributed by atoms with Gasteiger partial charge in [-0.05, 0) is 86.0 Å². The van der Waals surface area contributed by atoms with Gasteiger partial charge in [-0.2, -0.15) is 0 Å². The number of nitrogens with two attached hydrogens (primary N) is 1. The van der Waals surface area contributed by atoms with E-state index in [2.05, 4.69) is 146 Å². The third-order valence-corrected chi connectivity index (χ3v) is 12.2. The zero-order chi connectivity index (χ0) is 36.8. The fraction of sp³-hybridized carbons (Fsp3) is 0.113. The molecule has 0 saturated heterocycles. The minimum atomic E-state index is -0.178. The highest BCUT2D eigenvalue weighted by Gasteiger charge is 2.56.